The lowest BCUT2D eigenvalue weighted by Gasteiger charge is -2.29. The summed E-state index contributed by atoms with van der Waals surface area (Å²) in [4.78, 5) is 5.16. The molecular weight excluding hydrogens is 208 g/mol. The minimum Gasteiger partial charge on any atom is -0.301 e. The molecule has 0 aromatic rings. The molecule has 1 aliphatic heterocycles. The van der Waals surface area contributed by atoms with Crippen LogP contribution in [-0.4, -0.2) is 54.4 Å². The number of hydrogen-bond donors (Lipinski definition) is 0. The number of alkyl halides is 1. The molecule has 0 radical (unpaired) electrons. The van der Waals surface area contributed by atoms with Gasteiger partial charge >= 0.3 is 0 Å². The van der Waals surface area contributed by atoms with Gasteiger partial charge in [-0.3, -0.25) is 4.90 Å². The van der Waals surface area contributed by atoms with Gasteiger partial charge in [0.15, 0.2) is 0 Å². The highest BCUT2D eigenvalue weighted by Crippen LogP contribution is 2.12. The van der Waals surface area contributed by atoms with Crippen LogP contribution in [0, 0.1) is 0 Å². The summed E-state index contributed by atoms with van der Waals surface area (Å²) >= 11 is 5.79. The van der Waals surface area contributed by atoms with E-state index < -0.39 is 0 Å². The topological polar surface area (TPSA) is 6.48 Å². The van der Waals surface area contributed by atoms with E-state index in [2.05, 4.69) is 23.6 Å². The van der Waals surface area contributed by atoms with Gasteiger partial charge in [-0.25, -0.2) is 0 Å². The molecule has 0 aromatic carbocycles. The predicted octanol–water partition coefficient (Wildman–Crippen LogP) is 2.42. The first-order valence-corrected chi connectivity index (χ1v) is 6.87. The summed E-state index contributed by atoms with van der Waals surface area (Å²) in [5, 5.41) is 0. The van der Waals surface area contributed by atoms with E-state index in [1.165, 1.54) is 45.4 Å². The lowest BCUT2D eigenvalue weighted by molar-refractivity contribution is 0.189. The van der Waals surface area contributed by atoms with Gasteiger partial charge < -0.3 is 4.90 Å². The molecule has 0 bridgehead atoms. The van der Waals surface area contributed by atoms with Gasteiger partial charge in [0.05, 0.1) is 0 Å². The van der Waals surface area contributed by atoms with Gasteiger partial charge in [0.25, 0.3) is 0 Å². The molecule has 1 rings (SSSR count). The molecular formula is C12H25ClN2. The third-order valence-corrected chi connectivity index (χ3v) is 3.65. The van der Waals surface area contributed by atoms with Gasteiger partial charge in [0, 0.05) is 31.6 Å². The first-order valence-electron chi connectivity index (χ1n) is 6.34. The standard InChI is InChI=1S/C12H25ClN2/c1-3-12(4-2)15-8-5-7-14(9-6-13)10-11-15/h12H,3-11H2,1-2H3. The van der Waals surface area contributed by atoms with Crippen LogP contribution in [0.4, 0.5) is 0 Å². The molecule has 1 saturated heterocycles. The lowest BCUT2D eigenvalue weighted by Crippen LogP contribution is -2.38. The molecule has 1 heterocycles. The average Bonchev–Trinajstić information content (AvgIpc) is 2.47. The van der Waals surface area contributed by atoms with Crippen molar-refractivity contribution in [3.63, 3.8) is 0 Å². The van der Waals surface area contributed by atoms with E-state index >= 15 is 0 Å². The average molecular weight is 233 g/mol. The van der Waals surface area contributed by atoms with Gasteiger partial charge in [0.2, 0.25) is 0 Å². The Kier molecular flexibility index (Phi) is 6.62. The van der Waals surface area contributed by atoms with Crippen LogP contribution in [0.3, 0.4) is 0 Å². The van der Waals surface area contributed by atoms with Crippen LogP contribution < -0.4 is 0 Å². The Morgan fingerprint density at radius 1 is 1.07 bits per heavy atom. The van der Waals surface area contributed by atoms with Crippen LogP contribution in [0.15, 0.2) is 0 Å². The first-order chi connectivity index (χ1) is 7.31. The zero-order valence-corrected chi connectivity index (χ0v) is 11.0. The van der Waals surface area contributed by atoms with Gasteiger partial charge in [-0.1, -0.05) is 13.8 Å². The van der Waals surface area contributed by atoms with E-state index in [4.69, 9.17) is 11.6 Å². The summed E-state index contributed by atoms with van der Waals surface area (Å²) in [7, 11) is 0. The monoisotopic (exact) mass is 232 g/mol. The molecule has 0 aliphatic carbocycles. The summed E-state index contributed by atoms with van der Waals surface area (Å²) in [6, 6.07) is 0.793. The van der Waals surface area contributed by atoms with Crippen LogP contribution >= 0.6 is 11.6 Å². The fraction of sp³-hybridized carbons (Fsp3) is 1.00. The fourth-order valence-corrected chi connectivity index (χ4v) is 2.74. The van der Waals surface area contributed by atoms with Crippen molar-refractivity contribution in [3.05, 3.63) is 0 Å². The van der Waals surface area contributed by atoms with Gasteiger partial charge in [-0.2, -0.15) is 0 Å². The van der Waals surface area contributed by atoms with Crippen molar-refractivity contribution in [1.82, 2.24) is 9.80 Å². The Hall–Kier alpha value is 0.210. The highest BCUT2D eigenvalue weighted by molar-refractivity contribution is 6.18. The largest absolute Gasteiger partial charge is 0.301 e. The lowest BCUT2D eigenvalue weighted by atomic mass is 10.1. The van der Waals surface area contributed by atoms with Crippen molar-refractivity contribution >= 4 is 11.6 Å². The van der Waals surface area contributed by atoms with Crippen molar-refractivity contribution in [1.29, 1.82) is 0 Å². The number of nitrogens with zero attached hydrogens (tertiary/aromatic N) is 2. The zero-order valence-electron chi connectivity index (χ0n) is 10.2. The Balaban J connectivity index is 2.37. The third-order valence-electron chi connectivity index (χ3n) is 3.48. The molecule has 3 heteroatoms. The van der Waals surface area contributed by atoms with Crippen LogP contribution in [-0.2, 0) is 0 Å². The van der Waals surface area contributed by atoms with Crippen molar-refractivity contribution < 1.29 is 0 Å². The van der Waals surface area contributed by atoms with Crippen molar-refractivity contribution in [2.75, 3.05) is 38.6 Å². The summed E-state index contributed by atoms with van der Waals surface area (Å²) in [6.45, 7) is 10.6. The van der Waals surface area contributed by atoms with Crippen molar-refractivity contribution in [3.8, 4) is 0 Å². The third kappa shape index (κ3) is 4.29. The normalized spacial score (nSPS) is 20.8. The second-order valence-corrected chi connectivity index (χ2v) is 4.77. The fourth-order valence-electron chi connectivity index (χ4n) is 2.50. The Morgan fingerprint density at radius 3 is 2.40 bits per heavy atom. The van der Waals surface area contributed by atoms with E-state index in [-0.39, 0.29) is 0 Å². The smallest absolute Gasteiger partial charge is 0.0351 e. The minimum atomic E-state index is 0.769. The van der Waals surface area contributed by atoms with Gasteiger partial charge in [-0.15, -0.1) is 11.6 Å². The minimum absolute atomic E-state index is 0.769. The number of hydrogen-bond acceptors (Lipinski definition) is 2. The van der Waals surface area contributed by atoms with Gasteiger partial charge in [0.1, 0.15) is 0 Å². The van der Waals surface area contributed by atoms with Crippen LogP contribution in [0.1, 0.15) is 33.1 Å². The Morgan fingerprint density at radius 2 is 1.80 bits per heavy atom. The Bertz CT molecular complexity index is 160. The maximum absolute atomic E-state index is 5.79. The van der Waals surface area contributed by atoms with E-state index in [1.807, 2.05) is 0 Å². The summed E-state index contributed by atoms with van der Waals surface area (Å²) in [5.41, 5.74) is 0. The second-order valence-electron chi connectivity index (χ2n) is 4.39. The van der Waals surface area contributed by atoms with E-state index in [0.717, 1.165) is 18.5 Å². The van der Waals surface area contributed by atoms with E-state index in [0.29, 0.717) is 0 Å². The van der Waals surface area contributed by atoms with Crippen LogP contribution in [0.25, 0.3) is 0 Å². The first kappa shape index (κ1) is 13.3. The molecule has 0 saturated carbocycles. The van der Waals surface area contributed by atoms with Crippen LogP contribution in [0.2, 0.25) is 0 Å². The quantitative estimate of drug-likeness (QED) is 0.672. The summed E-state index contributed by atoms with van der Waals surface area (Å²) in [5.74, 6) is 0.769. The SMILES string of the molecule is CCC(CC)N1CCCN(CCCl)CC1. The predicted molar refractivity (Wildman–Crippen MR) is 67.7 cm³/mol. The van der Waals surface area contributed by atoms with Crippen molar-refractivity contribution in [2.45, 2.75) is 39.2 Å². The number of halogens is 1. The zero-order chi connectivity index (χ0) is 11.1. The van der Waals surface area contributed by atoms with E-state index in [1.54, 1.807) is 0 Å². The molecule has 1 aliphatic rings. The van der Waals surface area contributed by atoms with E-state index in [9.17, 15) is 0 Å². The Labute approximate surface area is 99.6 Å². The maximum Gasteiger partial charge on any atom is 0.0351 e. The molecule has 1 fully saturated rings. The highest BCUT2D eigenvalue weighted by atomic mass is 35.5. The van der Waals surface area contributed by atoms with Gasteiger partial charge in [-0.05, 0) is 32.4 Å². The summed E-state index contributed by atoms with van der Waals surface area (Å²) < 4.78 is 0. The molecule has 0 spiro atoms. The molecule has 0 atom stereocenters. The molecule has 2 nitrogen and oxygen atoms in total. The highest BCUT2D eigenvalue weighted by Gasteiger charge is 2.19. The van der Waals surface area contributed by atoms with Crippen LogP contribution in [0.5, 0.6) is 0 Å². The number of rotatable bonds is 5. The maximum atomic E-state index is 5.79. The second kappa shape index (κ2) is 7.48. The van der Waals surface area contributed by atoms with Crippen molar-refractivity contribution in [2.24, 2.45) is 0 Å². The molecule has 0 amide bonds. The summed E-state index contributed by atoms with van der Waals surface area (Å²) in [6.07, 6.45) is 3.87. The molecule has 0 aromatic heterocycles. The molecule has 90 valence electrons. The molecule has 15 heavy (non-hydrogen) atoms. The molecule has 0 unspecified atom stereocenters. The molecule has 0 N–H and O–H groups in total.